The van der Waals surface area contributed by atoms with Crippen LogP contribution in [0.1, 0.15) is 12.1 Å². The number of morpholine rings is 1. The third-order valence-corrected chi connectivity index (χ3v) is 5.49. The van der Waals surface area contributed by atoms with E-state index >= 15 is 0 Å². The summed E-state index contributed by atoms with van der Waals surface area (Å²) in [6.45, 7) is 4.08. The lowest BCUT2D eigenvalue weighted by molar-refractivity contribution is -0.141. The Hall–Kier alpha value is -2.51. The van der Waals surface area contributed by atoms with E-state index in [1.54, 1.807) is 0 Å². The highest BCUT2D eigenvalue weighted by molar-refractivity contribution is 5.83. The highest BCUT2D eigenvalue weighted by Crippen LogP contribution is 2.20. The normalized spacial score (nSPS) is 22.8. The summed E-state index contributed by atoms with van der Waals surface area (Å²) in [6.07, 6.45) is 0.584. The van der Waals surface area contributed by atoms with Gasteiger partial charge in [-0.1, -0.05) is 24.3 Å². The monoisotopic (exact) mass is 382 g/mol. The van der Waals surface area contributed by atoms with Crippen molar-refractivity contribution < 1.29 is 14.3 Å². The quantitative estimate of drug-likeness (QED) is 0.822. The molecule has 2 saturated heterocycles. The van der Waals surface area contributed by atoms with Gasteiger partial charge in [0.1, 0.15) is 0 Å². The van der Waals surface area contributed by atoms with Gasteiger partial charge in [-0.3, -0.25) is 14.6 Å². The van der Waals surface area contributed by atoms with Gasteiger partial charge in [0.25, 0.3) is 0 Å². The van der Waals surface area contributed by atoms with Gasteiger partial charge in [0, 0.05) is 31.6 Å². The topological polar surface area (TPSA) is 83.6 Å². The summed E-state index contributed by atoms with van der Waals surface area (Å²) < 4.78 is 5.32. The third kappa shape index (κ3) is 4.31. The zero-order chi connectivity index (χ0) is 19.3. The number of para-hydroxylation sites is 1. The van der Waals surface area contributed by atoms with Crippen LogP contribution in [0.25, 0.3) is 10.9 Å². The number of hydrogen-bond donors (Lipinski definition) is 2. The molecule has 3 heterocycles. The molecule has 2 aliphatic rings. The Labute approximate surface area is 164 Å². The van der Waals surface area contributed by atoms with Crippen LogP contribution in [0.3, 0.4) is 0 Å². The van der Waals surface area contributed by atoms with E-state index in [1.165, 1.54) is 0 Å². The first-order valence-electron chi connectivity index (χ1n) is 9.90. The summed E-state index contributed by atoms with van der Waals surface area (Å²) in [4.78, 5) is 31.8. The molecule has 0 radical (unpaired) electrons. The molecule has 1 aromatic heterocycles. The van der Waals surface area contributed by atoms with Crippen molar-refractivity contribution in [3.05, 3.63) is 42.1 Å². The van der Waals surface area contributed by atoms with Gasteiger partial charge in [-0.05, 0) is 18.6 Å². The molecule has 4 rings (SSSR count). The Morgan fingerprint density at radius 2 is 1.89 bits per heavy atom. The molecule has 2 atom stereocenters. The molecule has 2 fully saturated rings. The minimum Gasteiger partial charge on any atom is -0.378 e. The smallest absolute Gasteiger partial charge is 0.227 e. The molecule has 2 aliphatic heterocycles. The van der Waals surface area contributed by atoms with E-state index in [0.29, 0.717) is 52.4 Å². The number of benzene rings is 1. The number of aromatic nitrogens is 1. The van der Waals surface area contributed by atoms with E-state index in [4.69, 9.17) is 4.74 Å². The Morgan fingerprint density at radius 1 is 1.11 bits per heavy atom. The number of pyridine rings is 1. The number of carbonyl (C=O) groups excluding carboxylic acids is 2. The highest BCUT2D eigenvalue weighted by atomic mass is 16.5. The van der Waals surface area contributed by atoms with Gasteiger partial charge in [-0.25, -0.2) is 0 Å². The number of carbonyl (C=O) groups is 2. The maximum atomic E-state index is 12.7. The van der Waals surface area contributed by atoms with Crippen molar-refractivity contribution in [2.45, 2.75) is 13.0 Å². The number of nitrogens with zero attached hydrogens (tertiary/aromatic N) is 2. The summed E-state index contributed by atoms with van der Waals surface area (Å²) in [5.74, 6) is -0.253. The molecule has 2 amide bonds. The Morgan fingerprint density at radius 3 is 2.75 bits per heavy atom. The molecule has 148 valence electrons. The summed E-state index contributed by atoms with van der Waals surface area (Å²) in [6, 6.07) is 11.9. The minimum atomic E-state index is -0.204. The van der Waals surface area contributed by atoms with Crippen LogP contribution in [0.2, 0.25) is 0 Å². The molecule has 2 aromatic rings. The standard InChI is InChI=1S/C21H26N4O3/c26-20(23-14-18-6-5-15-3-1-2-4-19(15)24-18)16-11-17(13-22-12-16)21(27)25-7-9-28-10-8-25/h1-6,16-17,22H,7-14H2,(H,23,26). The number of fused-ring (bicyclic) bond motifs is 1. The van der Waals surface area contributed by atoms with Crippen LogP contribution in [0.5, 0.6) is 0 Å². The van der Waals surface area contributed by atoms with Gasteiger partial charge >= 0.3 is 0 Å². The average Bonchev–Trinajstić information content (AvgIpc) is 2.77. The fourth-order valence-corrected chi connectivity index (χ4v) is 3.90. The zero-order valence-corrected chi connectivity index (χ0v) is 15.9. The lowest BCUT2D eigenvalue weighted by atomic mass is 9.88. The highest BCUT2D eigenvalue weighted by Gasteiger charge is 2.33. The second kappa shape index (κ2) is 8.67. The van der Waals surface area contributed by atoms with E-state index in [2.05, 4.69) is 15.6 Å². The lowest BCUT2D eigenvalue weighted by Gasteiger charge is -2.34. The van der Waals surface area contributed by atoms with Gasteiger partial charge < -0.3 is 20.3 Å². The van der Waals surface area contributed by atoms with Crippen molar-refractivity contribution in [1.29, 1.82) is 0 Å². The van der Waals surface area contributed by atoms with Crippen molar-refractivity contribution in [3.63, 3.8) is 0 Å². The van der Waals surface area contributed by atoms with Gasteiger partial charge in [0.05, 0.1) is 42.8 Å². The summed E-state index contributed by atoms with van der Waals surface area (Å²) in [5, 5.41) is 7.32. The van der Waals surface area contributed by atoms with Crippen molar-refractivity contribution in [2.75, 3.05) is 39.4 Å². The minimum absolute atomic E-state index is 0.0260. The largest absolute Gasteiger partial charge is 0.378 e. The second-order valence-electron chi connectivity index (χ2n) is 7.44. The van der Waals surface area contributed by atoms with Crippen molar-refractivity contribution >= 4 is 22.7 Å². The summed E-state index contributed by atoms with van der Waals surface area (Å²) >= 11 is 0. The maximum absolute atomic E-state index is 12.7. The first-order valence-corrected chi connectivity index (χ1v) is 9.90. The van der Waals surface area contributed by atoms with Crippen LogP contribution in [-0.4, -0.2) is 61.1 Å². The SMILES string of the molecule is O=C(NCc1ccc2ccccc2n1)C1CNCC(C(=O)N2CCOCC2)C1. The van der Waals surface area contributed by atoms with E-state index < -0.39 is 0 Å². The van der Waals surface area contributed by atoms with E-state index in [1.807, 2.05) is 41.3 Å². The maximum Gasteiger partial charge on any atom is 0.227 e. The summed E-state index contributed by atoms with van der Waals surface area (Å²) in [5.41, 5.74) is 1.75. The molecule has 0 spiro atoms. The molecule has 2 N–H and O–H groups in total. The predicted molar refractivity (Wildman–Crippen MR) is 105 cm³/mol. The van der Waals surface area contributed by atoms with Crippen molar-refractivity contribution in [1.82, 2.24) is 20.5 Å². The first-order chi connectivity index (χ1) is 13.7. The fourth-order valence-electron chi connectivity index (χ4n) is 3.90. The Balaban J connectivity index is 1.32. The van der Waals surface area contributed by atoms with Crippen LogP contribution in [0.4, 0.5) is 0 Å². The van der Waals surface area contributed by atoms with E-state index in [9.17, 15) is 9.59 Å². The lowest BCUT2D eigenvalue weighted by Crippen LogP contribution is -2.51. The molecule has 7 heteroatoms. The molecule has 28 heavy (non-hydrogen) atoms. The first kappa shape index (κ1) is 18.8. The zero-order valence-electron chi connectivity index (χ0n) is 15.9. The molecule has 2 unspecified atom stereocenters. The Kier molecular flexibility index (Phi) is 5.83. The number of nitrogens with one attached hydrogen (secondary N) is 2. The molecule has 0 saturated carbocycles. The van der Waals surface area contributed by atoms with Crippen LogP contribution in [-0.2, 0) is 20.9 Å². The van der Waals surface area contributed by atoms with Gasteiger partial charge in [-0.15, -0.1) is 0 Å². The molecular formula is C21H26N4O3. The summed E-state index contributed by atoms with van der Waals surface area (Å²) in [7, 11) is 0. The average molecular weight is 382 g/mol. The van der Waals surface area contributed by atoms with Gasteiger partial charge in [0.15, 0.2) is 0 Å². The predicted octanol–water partition coefficient (Wildman–Crippen LogP) is 0.935. The molecular weight excluding hydrogens is 356 g/mol. The van der Waals surface area contributed by atoms with Gasteiger partial charge in [0.2, 0.25) is 11.8 Å². The number of amides is 2. The Bertz CT molecular complexity index is 850. The van der Waals surface area contributed by atoms with Crippen LogP contribution >= 0.6 is 0 Å². The van der Waals surface area contributed by atoms with Crippen LogP contribution in [0, 0.1) is 11.8 Å². The third-order valence-electron chi connectivity index (χ3n) is 5.49. The van der Waals surface area contributed by atoms with E-state index in [0.717, 1.165) is 16.6 Å². The molecule has 7 nitrogen and oxygen atoms in total. The van der Waals surface area contributed by atoms with E-state index in [-0.39, 0.29) is 23.7 Å². The van der Waals surface area contributed by atoms with Crippen LogP contribution in [0.15, 0.2) is 36.4 Å². The fraction of sp³-hybridized carbons (Fsp3) is 0.476. The molecule has 0 aliphatic carbocycles. The number of ether oxygens (including phenoxy) is 1. The van der Waals surface area contributed by atoms with Crippen molar-refractivity contribution in [3.8, 4) is 0 Å². The number of hydrogen-bond acceptors (Lipinski definition) is 5. The second-order valence-corrected chi connectivity index (χ2v) is 7.44. The molecule has 1 aromatic carbocycles. The van der Waals surface area contributed by atoms with Gasteiger partial charge in [-0.2, -0.15) is 0 Å². The molecule has 0 bridgehead atoms. The number of piperidine rings is 1. The number of rotatable bonds is 4. The van der Waals surface area contributed by atoms with Crippen molar-refractivity contribution in [2.24, 2.45) is 11.8 Å². The van der Waals surface area contributed by atoms with Crippen LogP contribution < -0.4 is 10.6 Å².